The quantitative estimate of drug-likeness (QED) is 0.757. The van der Waals surface area contributed by atoms with E-state index in [1.165, 1.54) is 11.8 Å². The average Bonchev–Trinajstić information content (AvgIpc) is 3.35. The number of carbonyl (C=O) groups excluding carboxylic acids is 1. The zero-order chi connectivity index (χ0) is 18.3. The van der Waals surface area contributed by atoms with E-state index in [4.69, 9.17) is 4.74 Å². The molecule has 0 N–H and O–H groups in total. The molecule has 3 fully saturated rings. The number of amidine groups is 1. The second-order valence-corrected chi connectivity index (χ2v) is 10.5. The summed E-state index contributed by atoms with van der Waals surface area (Å²) in [6.45, 7) is 0.660. The molecule has 8 heteroatoms. The van der Waals surface area contributed by atoms with E-state index >= 15 is 0 Å². The number of carbonyl (C=O) groups is 1. The van der Waals surface area contributed by atoms with E-state index < -0.39 is 9.84 Å². The van der Waals surface area contributed by atoms with Gasteiger partial charge >= 0.3 is 0 Å². The van der Waals surface area contributed by atoms with Crippen LogP contribution in [0.1, 0.15) is 18.4 Å². The van der Waals surface area contributed by atoms with Gasteiger partial charge in [0.05, 0.1) is 24.7 Å². The van der Waals surface area contributed by atoms with Gasteiger partial charge in [-0.1, -0.05) is 23.9 Å². The van der Waals surface area contributed by atoms with Gasteiger partial charge < -0.3 is 9.64 Å². The van der Waals surface area contributed by atoms with Crippen LogP contribution in [-0.4, -0.2) is 60.8 Å². The molecule has 6 nitrogen and oxygen atoms in total. The summed E-state index contributed by atoms with van der Waals surface area (Å²) in [6.07, 6.45) is 2.62. The predicted molar refractivity (Wildman–Crippen MR) is 102 cm³/mol. The Morgan fingerprint density at radius 1 is 1.27 bits per heavy atom. The summed E-state index contributed by atoms with van der Waals surface area (Å²) in [7, 11) is -1.37. The largest absolute Gasteiger partial charge is 0.497 e. The van der Waals surface area contributed by atoms with Crippen LogP contribution in [-0.2, 0) is 21.1 Å². The van der Waals surface area contributed by atoms with Gasteiger partial charge in [-0.25, -0.2) is 8.42 Å². The first-order valence-corrected chi connectivity index (χ1v) is 11.5. The lowest BCUT2D eigenvalue weighted by atomic mass is 10.1. The van der Waals surface area contributed by atoms with Crippen LogP contribution in [0, 0.1) is 5.92 Å². The fourth-order valence-electron chi connectivity index (χ4n) is 3.45. The second-order valence-electron chi connectivity index (χ2n) is 7.10. The van der Waals surface area contributed by atoms with Gasteiger partial charge in [0.2, 0.25) is 0 Å². The fourth-order valence-corrected chi connectivity index (χ4v) is 7.44. The molecule has 2 atom stereocenters. The number of fused-ring (bicyclic) bond motifs is 1. The smallest absolute Gasteiger partial charge is 0.251 e. The first-order valence-electron chi connectivity index (χ1n) is 8.84. The number of benzene rings is 1. The zero-order valence-electron chi connectivity index (χ0n) is 14.6. The number of rotatable bonds is 5. The molecule has 2 heterocycles. The van der Waals surface area contributed by atoms with Crippen LogP contribution < -0.4 is 4.74 Å². The summed E-state index contributed by atoms with van der Waals surface area (Å²) in [5.41, 5.74) is 1.15. The maximum absolute atomic E-state index is 12.1. The molecule has 0 bridgehead atoms. The van der Waals surface area contributed by atoms with Crippen molar-refractivity contribution in [1.82, 2.24) is 4.90 Å². The molecule has 4 rings (SSSR count). The van der Waals surface area contributed by atoms with Crippen LogP contribution in [0.3, 0.4) is 0 Å². The lowest BCUT2D eigenvalue weighted by Gasteiger charge is -2.24. The molecule has 1 aromatic rings. The van der Waals surface area contributed by atoms with Crippen LogP contribution in [0.4, 0.5) is 0 Å². The summed E-state index contributed by atoms with van der Waals surface area (Å²) in [6, 6.07) is 7.79. The Labute approximate surface area is 157 Å². The van der Waals surface area contributed by atoms with Crippen LogP contribution in [0.15, 0.2) is 29.3 Å². The predicted octanol–water partition coefficient (Wildman–Crippen LogP) is 1.74. The number of nitrogens with zero attached hydrogens (tertiary/aromatic N) is 2. The van der Waals surface area contributed by atoms with E-state index in [2.05, 4.69) is 4.99 Å². The third kappa shape index (κ3) is 3.76. The minimum Gasteiger partial charge on any atom is -0.497 e. The molecule has 1 saturated carbocycles. The first kappa shape index (κ1) is 17.9. The maximum atomic E-state index is 12.1. The highest BCUT2D eigenvalue weighted by Gasteiger charge is 2.48. The Kier molecular flexibility index (Phi) is 4.73. The number of hydrogen-bond acceptors (Lipinski definition) is 5. The number of amides is 1. The van der Waals surface area contributed by atoms with Gasteiger partial charge in [-0.3, -0.25) is 4.79 Å². The van der Waals surface area contributed by atoms with Crippen molar-refractivity contribution in [2.45, 2.75) is 30.6 Å². The number of aliphatic imine (C=N–C) groups is 1. The number of hydrogen-bond donors (Lipinski definition) is 0. The van der Waals surface area contributed by atoms with Gasteiger partial charge in [0.1, 0.15) is 5.75 Å². The fraction of sp³-hybridized carbons (Fsp3) is 0.556. The normalized spacial score (nSPS) is 28.3. The van der Waals surface area contributed by atoms with E-state index in [9.17, 15) is 13.2 Å². The van der Waals surface area contributed by atoms with Crippen molar-refractivity contribution in [1.29, 1.82) is 0 Å². The molecule has 0 radical (unpaired) electrons. The molecule has 0 unspecified atom stereocenters. The minimum absolute atomic E-state index is 0.0124. The van der Waals surface area contributed by atoms with E-state index in [1.807, 2.05) is 29.2 Å². The molecule has 140 valence electrons. The highest BCUT2D eigenvalue weighted by atomic mass is 32.2. The van der Waals surface area contributed by atoms with E-state index in [1.54, 1.807) is 7.11 Å². The summed E-state index contributed by atoms with van der Waals surface area (Å²) in [5.74, 6) is 1.17. The zero-order valence-corrected chi connectivity index (χ0v) is 16.3. The Balaban J connectivity index is 1.50. The molecular weight excluding hydrogens is 372 g/mol. The maximum Gasteiger partial charge on any atom is 0.251 e. The van der Waals surface area contributed by atoms with E-state index in [0.717, 1.165) is 30.6 Å². The summed E-state index contributed by atoms with van der Waals surface area (Å²) >= 11 is 1.46. The summed E-state index contributed by atoms with van der Waals surface area (Å²) in [4.78, 5) is 18.5. The minimum atomic E-state index is -3.01. The third-order valence-electron chi connectivity index (χ3n) is 5.11. The summed E-state index contributed by atoms with van der Waals surface area (Å²) in [5, 5.41) is 0.696. The van der Waals surface area contributed by atoms with Crippen LogP contribution in [0.2, 0.25) is 0 Å². The Morgan fingerprint density at radius 3 is 2.65 bits per heavy atom. The molecule has 26 heavy (non-hydrogen) atoms. The van der Waals surface area contributed by atoms with Crippen molar-refractivity contribution in [3.8, 4) is 5.75 Å². The lowest BCUT2D eigenvalue weighted by Crippen LogP contribution is -2.39. The van der Waals surface area contributed by atoms with E-state index in [0.29, 0.717) is 11.7 Å². The molecule has 1 aromatic carbocycles. The Bertz CT molecular complexity index is 831. The van der Waals surface area contributed by atoms with Crippen molar-refractivity contribution >= 4 is 32.7 Å². The highest BCUT2D eigenvalue weighted by Crippen LogP contribution is 2.39. The third-order valence-corrected chi connectivity index (χ3v) is 8.36. The first-order chi connectivity index (χ1) is 12.4. The molecule has 0 spiro atoms. The number of sulfone groups is 1. The van der Waals surface area contributed by atoms with Gasteiger partial charge in [0, 0.05) is 17.7 Å². The lowest BCUT2D eigenvalue weighted by molar-refractivity contribution is -0.118. The second kappa shape index (κ2) is 6.88. The summed E-state index contributed by atoms with van der Waals surface area (Å²) < 4.78 is 29.2. The van der Waals surface area contributed by atoms with E-state index in [-0.39, 0.29) is 34.6 Å². The van der Waals surface area contributed by atoms with Crippen molar-refractivity contribution < 1.29 is 17.9 Å². The Morgan fingerprint density at radius 2 is 2.00 bits per heavy atom. The van der Waals surface area contributed by atoms with Crippen molar-refractivity contribution in [2.24, 2.45) is 10.9 Å². The van der Waals surface area contributed by atoms with Gasteiger partial charge in [-0.2, -0.15) is 4.99 Å². The van der Waals surface area contributed by atoms with Crippen molar-refractivity contribution in [2.75, 3.05) is 25.2 Å². The molecule has 2 aliphatic heterocycles. The molecule has 2 saturated heterocycles. The molecule has 3 aliphatic rings. The van der Waals surface area contributed by atoms with Gasteiger partial charge in [-0.15, -0.1) is 0 Å². The Hall–Kier alpha value is -1.54. The van der Waals surface area contributed by atoms with Crippen LogP contribution in [0.25, 0.3) is 0 Å². The van der Waals surface area contributed by atoms with Gasteiger partial charge in [-0.05, 0) is 37.0 Å². The van der Waals surface area contributed by atoms with Crippen LogP contribution >= 0.6 is 11.8 Å². The number of thioether (sulfide) groups is 1. The van der Waals surface area contributed by atoms with Crippen molar-refractivity contribution in [3.63, 3.8) is 0 Å². The average molecular weight is 395 g/mol. The molecular formula is C18H22N2O4S2. The standard InChI is InChI=1S/C18H22N2O4S2/c1-24-14-6-2-12(3-7-14)8-9-20-15-10-26(22,23)11-16(15)25-18(20)19-17(21)13-4-5-13/h2-3,6-7,13,15-16H,4-5,8-11H2,1H3/t15-,16-/m1/s1. The van der Waals surface area contributed by atoms with Crippen molar-refractivity contribution in [3.05, 3.63) is 29.8 Å². The highest BCUT2D eigenvalue weighted by molar-refractivity contribution is 8.15. The van der Waals surface area contributed by atoms with Gasteiger partial charge in [0.25, 0.3) is 5.91 Å². The monoisotopic (exact) mass is 394 g/mol. The molecule has 1 aliphatic carbocycles. The number of ether oxygens (including phenoxy) is 1. The molecule has 1 amide bonds. The van der Waals surface area contributed by atoms with Gasteiger partial charge in [0.15, 0.2) is 15.0 Å². The topological polar surface area (TPSA) is 76.0 Å². The SMILES string of the molecule is COc1ccc(CCN2C(=NC(=O)C3CC3)S[C@@H]3CS(=O)(=O)C[C@H]32)cc1. The van der Waals surface area contributed by atoms with Crippen LogP contribution in [0.5, 0.6) is 5.75 Å². The number of methoxy groups -OCH3 is 1. The molecule has 0 aromatic heterocycles.